The second kappa shape index (κ2) is 9.89. The summed E-state index contributed by atoms with van der Waals surface area (Å²) in [7, 11) is 0. The van der Waals surface area contributed by atoms with Crippen molar-refractivity contribution in [1.29, 1.82) is 0 Å². The molecular formula is C29H50O6. The minimum atomic E-state index is -0.867. The van der Waals surface area contributed by atoms with Crippen LogP contribution in [0.3, 0.4) is 0 Å². The third-order valence-electron chi connectivity index (χ3n) is 11.7. The molecule has 0 spiro atoms. The molecule has 6 nitrogen and oxygen atoms in total. The van der Waals surface area contributed by atoms with Crippen molar-refractivity contribution in [3.63, 3.8) is 0 Å². The Labute approximate surface area is 211 Å². The topological polar surface area (TPSA) is 107 Å². The van der Waals surface area contributed by atoms with Crippen molar-refractivity contribution >= 4 is 5.97 Å². The van der Waals surface area contributed by atoms with Gasteiger partial charge in [0.2, 0.25) is 0 Å². The van der Waals surface area contributed by atoms with Crippen LogP contribution in [0.2, 0.25) is 0 Å². The number of fused-ring (bicyclic) bond motifs is 5. The first kappa shape index (κ1) is 27.3. The van der Waals surface area contributed by atoms with Crippen LogP contribution < -0.4 is 0 Å². The monoisotopic (exact) mass is 494 g/mol. The van der Waals surface area contributed by atoms with Gasteiger partial charge in [0.05, 0.1) is 36.9 Å². The number of esters is 1. The maximum Gasteiger partial charge on any atom is 0.309 e. The van der Waals surface area contributed by atoms with Gasteiger partial charge in [-0.1, -0.05) is 48.0 Å². The third kappa shape index (κ3) is 4.38. The molecule has 0 aromatic rings. The van der Waals surface area contributed by atoms with Crippen LogP contribution in [0.1, 0.15) is 86.5 Å². The van der Waals surface area contributed by atoms with E-state index in [4.69, 9.17) is 4.74 Å². The first-order valence-electron chi connectivity index (χ1n) is 14.3. The molecule has 1 saturated heterocycles. The summed E-state index contributed by atoms with van der Waals surface area (Å²) in [5.74, 6) is 1.01. The van der Waals surface area contributed by atoms with Crippen LogP contribution in [0, 0.1) is 58.2 Å². The van der Waals surface area contributed by atoms with E-state index in [1.165, 1.54) is 0 Å². The summed E-state index contributed by atoms with van der Waals surface area (Å²) in [5.41, 5.74) is -0.348. The van der Waals surface area contributed by atoms with E-state index in [-0.39, 0.29) is 52.8 Å². The van der Waals surface area contributed by atoms with Gasteiger partial charge >= 0.3 is 5.97 Å². The van der Waals surface area contributed by atoms with Gasteiger partial charge in [0.1, 0.15) is 0 Å². The molecule has 4 N–H and O–H groups in total. The molecule has 1 aliphatic heterocycles. The predicted octanol–water partition coefficient (Wildman–Crippen LogP) is 3.78. The Morgan fingerprint density at radius 3 is 2.26 bits per heavy atom. The van der Waals surface area contributed by atoms with Crippen molar-refractivity contribution in [3.05, 3.63) is 0 Å². The number of carbonyl (C=O) groups excluding carboxylic acids is 1. The van der Waals surface area contributed by atoms with Crippen molar-refractivity contribution in [2.24, 2.45) is 58.2 Å². The van der Waals surface area contributed by atoms with E-state index in [9.17, 15) is 25.2 Å². The molecule has 0 amide bonds. The molecular weight excluding hydrogens is 444 g/mol. The van der Waals surface area contributed by atoms with Crippen molar-refractivity contribution < 1.29 is 30.0 Å². The molecule has 6 heteroatoms. The van der Waals surface area contributed by atoms with E-state index in [2.05, 4.69) is 41.5 Å². The SMILES string of the molecule is CC[C@H](C(C)C)[C@H](O)[C@H](O)[C@H](C)[C@@H]1CC[C@@H]2[C@@H]3COC(=O)[C@@H]4C[C@H](O)[C@H](O)C[C@]4(C)[C@@H]3CC[C@]21C. The van der Waals surface area contributed by atoms with Crippen molar-refractivity contribution in [3.8, 4) is 0 Å². The molecule has 13 atom stereocenters. The lowest BCUT2D eigenvalue weighted by Crippen LogP contribution is -2.55. The largest absolute Gasteiger partial charge is 0.465 e. The Balaban J connectivity index is 1.57. The summed E-state index contributed by atoms with van der Waals surface area (Å²) in [4.78, 5) is 13.0. The maximum atomic E-state index is 13.0. The van der Waals surface area contributed by atoms with Gasteiger partial charge in [-0.2, -0.15) is 0 Å². The summed E-state index contributed by atoms with van der Waals surface area (Å²) in [6, 6.07) is 0. The highest BCUT2D eigenvalue weighted by Gasteiger charge is 2.63. The zero-order valence-electron chi connectivity index (χ0n) is 22.7. The number of cyclic esters (lactones) is 1. The second-order valence-corrected chi connectivity index (χ2v) is 13.5. The van der Waals surface area contributed by atoms with Gasteiger partial charge in [-0.15, -0.1) is 0 Å². The molecule has 3 aliphatic carbocycles. The Morgan fingerprint density at radius 1 is 0.971 bits per heavy atom. The average Bonchev–Trinajstić information content (AvgIpc) is 3.11. The van der Waals surface area contributed by atoms with Gasteiger partial charge in [-0.3, -0.25) is 4.79 Å². The Hall–Kier alpha value is -0.690. The van der Waals surface area contributed by atoms with E-state index in [1.807, 2.05) is 0 Å². The van der Waals surface area contributed by atoms with E-state index >= 15 is 0 Å². The molecule has 4 fully saturated rings. The van der Waals surface area contributed by atoms with Crippen LogP contribution in [0.5, 0.6) is 0 Å². The van der Waals surface area contributed by atoms with Crippen molar-refractivity contribution in [2.45, 2.75) is 111 Å². The standard InChI is InChI=1S/C29H50O6/c1-7-17(15(2)3)26(33)25(32)16(4)19-8-9-20-18-14-35-27(34)22-12-23(30)24(31)13-29(22,6)21(18)10-11-28(19,20)5/h15-26,30-33H,7-14H2,1-6H3/t16-,17-,18+,19+,20-,21-,22+,23+,24-,25-,26+,28+,29-/m1/s1. The van der Waals surface area contributed by atoms with Gasteiger partial charge in [0.25, 0.3) is 0 Å². The first-order chi connectivity index (χ1) is 16.4. The predicted molar refractivity (Wildman–Crippen MR) is 134 cm³/mol. The fourth-order valence-corrected chi connectivity index (χ4v) is 9.60. The third-order valence-corrected chi connectivity index (χ3v) is 11.7. The number of carbonyl (C=O) groups is 1. The van der Waals surface area contributed by atoms with E-state index < -0.39 is 24.4 Å². The molecule has 1 heterocycles. The summed E-state index contributed by atoms with van der Waals surface area (Å²) in [6.07, 6.45) is 2.49. The normalized spacial score (nSPS) is 47.1. The Morgan fingerprint density at radius 2 is 1.63 bits per heavy atom. The summed E-state index contributed by atoms with van der Waals surface area (Å²) >= 11 is 0. The summed E-state index contributed by atoms with van der Waals surface area (Å²) in [6.45, 7) is 13.4. The van der Waals surface area contributed by atoms with E-state index in [0.717, 1.165) is 32.1 Å². The molecule has 4 rings (SSSR count). The summed E-state index contributed by atoms with van der Waals surface area (Å²) < 4.78 is 5.88. The van der Waals surface area contributed by atoms with Crippen LogP contribution in [0.25, 0.3) is 0 Å². The Kier molecular flexibility index (Phi) is 7.72. The highest BCUT2D eigenvalue weighted by molar-refractivity contribution is 5.74. The Bertz CT molecular complexity index is 770. The molecule has 3 saturated carbocycles. The van der Waals surface area contributed by atoms with Gasteiger partial charge in [0, 0.05) is 0 Å². The van der Waals surface area contributed by atoms with Gasteiger partial charge < -0.3 is 25.2 Å². The fraction of sp³-hybridized carbons (Fsp3) is 0.966. The molecule has 4 aliphatic rings. The quantitative estimate of drug-likeness (QED) is 0.419. The fourth-order valence-electron chi connectivity index (χ4n) is 9.60. The highest BCUT2D eigenvalue weighted by atomic mass is 16.5. The number of hydrogen-bond donors (Lipinski definition) is 4. The van der Waals surface area contributed by atoms with Gasteiger partial charge in [-0.05, 0) is 90.8 Å². The summed E-state index contributed by atoms with van der Waals surface area (Å²) in [5, 5.41) is 43.2. The first-order valence-corrected chi connectivity index (χ1v) is 14.3. The lowest BCUT2D eigenvalue weighted by Gasteiger charge is -2.56. The number of aliphatic hydroxyl groups excluding tert-OH is 4. The molecule has 202 valence electrons. The van der Waals surface area contributed by atoms with Crippen molar-refractivity contribution in [2.75, 3.05) is 6.61 Å². The van der Waals surface area contributed by atoms with E-state index in [0.29, 0.717) is 30.8 Å². The van der Waals surface area contributed by atoms with Gasteiger partial charge in [0.15, 0.2) is 0 Å². The zero-order valence-corrected chi connectivity index (χ0v) is 22.7. The number of ether oxygens (including phenoxy) is 1. The number of rotatable bonds is 6. The van der Waals surface area contributed by atoms with E-state index in [1.54, 1.807) is 0 Å². The second-order valence-electron chi connectivity index (χ2n) is 13.5. The van der Waals surface area contributed by atoms with Gasteiger partial charge in [-0.25, -0.2) is 0 Å². The molecule has 0 aromatic heterocycles. The average molecular weight is 495 g/mol. The molecule has 0 radical (unpaired) electrons. The molecule has 35 heavy (non-hydrogen) atoms. The number of hydrogen-bond acceptors (Lipinski definition) is 6. The zero-order chi connectivity index (χ0) is 25.9. The maximum absolute atomic E-state index is 13.0. The molecule has 0 bridgehead atoms. The van der Waals surface area contributed by atoms with Crippen LogP contribution >= 0.6 is 0 Å². The molecule has 0 aromatic carbocycles. The van der Waals surface area contributed by atoms with Crippen molar-refractivity contribution in [1.82, 2.24) is 0 Å². The lowest BCUT2D eigenvalue weighted by atomic mass is 9.48. The molecule has 0 unspecified atom stereocenters. The van der Waals surface area contributed by atoms with Crippen LogP contribution in [0.15, 0.2) is 0 Å². The smallest absolute Gasteiger partial charge is 0.309 e. The minimum absolute atomic E-state index is 0.00679. The van der Waals surface area contributed by atoms with Crippen LogP contribution in [-0.4, -0.2) is 57.4 Å². The minimum Gasteiger partial charge on any atom is -0.465 e. The number of aliphatic hydroxyl groups is 4. The lowest BCUT2D eigenvalue weighted by molar-refractivity contribution is -0.162. The van der Waals surface area contributed by atoms with Crippen LogP contribution in [0.4, 0.5) is 0 Å². The highest BCUT2D eigenvalue weighted by Crippen LogP contribution is 2.66. The van der Waals surface area contributed by atoms with Crippen LogP contribution in [-0.2, 0) is 9.53 Å².